The Morgan fingerprint density at radius 1 is 1.62 bits per heavy atom. The third-order valence-corrected chi connectivity index (χ3v) is 1.27. The summed E-state index contributed by atoms with van der Waals surface area (Å²) >= 11 is 0. The van der Waals surface area contributed by atoms with E-state index in [1.54, 1.807) is 6.92 Å². The van der Waals surface area contributed by atoms with Crippen molar-refractivity contribution >= 4 is 11.9 Å². The van der Waals surface area contributed by atoms with E-state index in [2.05, 4.69) is 11.3 Å². The van der Waals surface area contributed by atoms with Crippen LogP contribution in [0, 0.1) is 0 Å². The number of carbonyl (C=O) groups excluding carboxylic acids is 1. The van der Waals surface area contributed by atoms with Gasteiger partial charge in [-0.2, -0.15) is 0 Å². The molecule has 0 aromatic rings. The molecule has 0 aliphatic carbocycles. The fourth-order valence-electron chi connectivity index (χ4n) is 0.644. The number of aliphatic carboxylic acids is 1. The molecular weight excluding hydrogens is 176 g/mol. The Bertz CT molecular complexity index is 223. The van der Waals surface area contributed by atoms with E-state index in [0.29, 0.717) is 0 Å². The van der Waals surface area contributed by atoms with Gasteiger partial charge in [0.15, 0.2) is 0 Å². The van der Waals surface area contributed by atoms with E-state index in [1.807, 2.05) is 0 Å². The van der Waals surface area contributed by atoms with Crippen LogP contribution in [0.4, 0.5) is 0 Å². The van der Waals surface area contributed by atoms with E-state index >= 15 is 0 Å². The van der Waals surface area contributed by atoms with E-state index in [-0.39, 0.29) is 6.61 Å². The Hall–Kier alpha value is -1.36. The van der Waals surface area contributed by atoms with Crippen LogP contribution in [0.25, 0.3) is 0 Å². The highest BCUT2D eigenvalue weighted by molar-refractivity contribution is 5.85. The lowest BCUT2D eigenvalue weighted by atomic mass is 10.3. The summed E-state index contributed by atoms with van der Waals surface area (Å²) in [7, 11) is 0. The molecular formula is C8H12O5. The topological polar surface area (TPSA) is 72.8 Å². The molecule has 0 aromatic heterocycles. The lowest BCUT2D eigenvalue weighted by Gasteiger charge is -2.23. The molecule has 0 rings (SSSR count). The fourth-order valence-corrected chi connectivity index (χ4v) is 0.644. The minimum atomic E-state index is -1.93. The zero-order valence-corrected chi connectivity index (χ0v) is 7.57. The van der Waals surface area contributed by atoms with Crippen molar-refractivity contribution in [1.29, 1.82) is 0 Å². The Morgan fingerprint density at radius 3 is 2.46 bits per heavy atom. The molecule has 1 N–H and O–H groups in total. The summed E-state index contributed by atoms with van der Waals surface area (Å²) in [6.07, 6.45) is 0.875. The number of hydrogen-bond acceptors (Lipinski definition) is 4. The van der Waals surface area contributed by atoms with Crippen LogP contribution in [0.2, 0.25) is 0 Å². The molecule has 0 aromatic carbocycles. The van der Waals surface area contributed by atoms with Gasteiger partial charge in [0, 0.05) is 19.6 Å². The first kappa shape index (κ1) is 11.6. The normalized spacial score (nSPS) is 14.3. The third-order valence-electron chi connectivity index (χ3n) is 1.27. The fraction of sp³-hybridized carbons (Fsp3) is 0.500. The predicted octanol–water partition coefficient (Wildman–Crippen LogP) is 0.553. The maximum absolute atomic E-state index is 10.7. The van der Waals surface area contributed by atoms with Crippen molar-refractivity contribution in [3.8, 4) is 0 Å². The molecule has 0 saturated carbocycles. The molecule has 1 atom stereocenters. The molecule has 5 nitrogen and oxygen atoms in total. The van der Waals surface area contributed by atoms with Crippen LogP contribution in [0.3, 0.4) is 0 Å². The first-order chi connectivity index (χ1) is 5.96. The van der Waals surface area contributed by atoms with Crippen molar-refractivity contribution in [3.05, 3.63) is 12.7 Å². The molecule has 74 valence electrons. The maximum Gasteiger partial charge on any atom is 0.377 e. The summed E-state index contributed by atoms with van der Waals surface area (Å²) in [5, 5.41) is 8.67. The Labute approximate surface area is 75.9 Å². The Morgan fingerprint density at radius 2 is 2.15 bits per heavy atom. The average Bonchev–Trinajstić information content (AvgIpc) is 2.04. The Kier molecular flexibility index (Phi) is 4.13. The second-order valence-electron chi connectivity index (χ2n) is 2.31. The van der Waals surface area contributed by atoms with Gasteiger partial charge in [-0.1, -0.05) is 6.58 Å². The molecule has 0 heterocycles. The second-order valence-corrected chi connectivity index (χ2v) is 2.31. The standard InChI is InChI=1S/C8H12O5/c1-4-6(9)13-8(3,7(10)11)12-5-2/h4H,1,5H2,2-3H3,(H,10,11). The summed E-state index contributed by atoms with van der Waals surface area (Å²) in [4.78, 5) is 21.3. The summed E-state index contributed by atoms with van der Waals surface area (Å²) in [5.41, 5.74) is 0. The van der Waals surface area contributed by atoms with E-state index in [4.69, 9.17) is 9.84 Å². The van der Waals surface area contributed by atoms with E-state index in [9.17, 15) is 9.59 Å². The van der Waals surface area contributed by atoms with Crippen LogP contribution in [-0.2, 0) is 19.1 Å². The number of rotatable bonds is 5. The van der Waals surface area contributed by atoms with Gasteiger partial charge >= 0.3 is 17.7 Å². The molecule has 0 spiro atoms. The van der Waals surface area contributed by atoms with Crippen molar-refractivity contribution < 1.29 is 24.2 Å². The molecule has 13 heavy (non-hydrogen) atoms. The minimum Gasteiger partial charge on any atom is -0.476 e. The second kappa shape index (κ2) is 4.61. The molecule has 0 amide bonds. The highest BCUT2D eigenvalue weighted by Gasteiger charge is 2.37. The van der Waals surface area contributed by atoms with Crippen molar-refractivity contribution in [3.63, 3.8) is 0 Å². The summed E-state index contributed by atoms with van der Waals surface area (Å²) in [6, 6.07) is 0. The smallest absolute Gasteiger partial charge is 0.377 e. The monoisotopic (exact) mass is 188 g/mol. The van der Waals surface area contributed by atoms with Gasteiger partial charge in [0.05, 0.1) is 0 Å². The lowest BCUT2D eigenvalue weighted by molar-refractivity contribution is -0.229. The van der Waals surface area contributed by atoms with Crippen LogP contribution in [0.15, 0.2) is 12.7 Å². The third kappa shape index (κ3) is 3.25. The van der Waals surface area contributed by atoms with Gasteiger partial charge in [-0.25, -0.2) is 9.59 Å². The largest absolute Gasteiger partial charge is 0.476 e. The van der Waals surface area contributed by atoms with Crippen LogP contribution < -0.4 is 0 Å². The average molecular weight is 188 g/mol. The molecule has 0 aliphatic rings. The lowest BCUT2D eigenvalue weighted by Crippen LogP contribution is -2.42. The summed E-state index contributed by atoms with van der Waals surface area (Å²) in [5.74, 6) is -4.12. The zero-order valence-electron chi connectivity index (χ0n) is 7.57. The quantitative estimate of drug-likeness (QED) is 0.387. The van der Waals surface area contributed by atoms with Gasteiger partial charge in [-0.3, -0.25) is 0 Å². The molecule has 1 unspecified atom stereocenters. The van der Waals surface area contributed by atoms with Gasteiger partial charge in [0.2, 0.25) is 0 Å². The first-order valence-electron chi connectivity index (χ1n) is 3.69. The number of carbonyl (C=O) groups is 2. The van der Waals surface area contributed by atoms with Gasteiger partial charge in [0.1, 0.15) is 0 Å². The highest BCUT2D eigenvalue weighted by Crippen LogP contribution is 2.13. The maximum atomic E-state index is 10.7. The van der Waals surface area contributed by atoms with Crippen molar-refractivity contribution in [2.45, 2.75) is 19.6 Å². The van der Waals surface area contributed by atoms with Gasteiger partial charge in [0.25, 0.3) is 0 Å². The minimum absolute atomic E-state index is 0.132. The number of esters is 1. The van der Waals surface area contributed by atoms with Crippen LogP contribution in [0.5, 0.6) is 0 Å². The molecule has 0 radical (unpaired) electrons. The van der Waals surface area contributed by atoms with Crippen LogP contribution in [-0.4, -0.2) is 29.4 Å². The van der Waals surface area contributed by atoms with E-state index in [0.717, 1.165) is 13.0 Å². The van der Waals surface area contributed by atoms with E-state index < -0.39 is 17.7 Å². The van der Waals surface area contributed by atoms with Crippen molar-refractivity contribution in [2.75, 3.05) is 6.61 Å². The summed E-state index contributed by atoms with van der Waals surface area (Å²) < 4.78 is 9.28. The SMILES string of the molecule is C=CC(=O)OC(C)(OCC)C(=O)O. The molecule has 5 heteroatoms. The van der Waals surface area contributed by atoms with Crippen LogP contribution in [0.1, 0.15) is 13.8 Å². The van der Waals surface area contributed by atoms with Crippen LogP contribution >= 0.6 is 0 Å². The van der Waals surface area contributed by atoms with Crippen molar-refractivity contribution in [2.24, 2.45) is 0 Å². The number of ether oxygens (including phenoxy) is 2. The molecule has 0 saturated heterocycles. The molecule has 0 bridgehead atoms. The zero-order chi connectivity index (χ0) is 10.5. The molecule has 0 fully saturated rings. The number of carboxylic acid groups (broad SMARTS) is 1. The van der Waals surface area contributed by atoms with E-state index in [1.165, 1.54) is 0 Å². The van der Waals surface area contributed by atoms with Gasteiger partial charge in [-0.15, -0.1) is 0 Å². The molecule has 0 aliphatic heterocycles. The van der Waals surface area contributed by atoms with Gasteiger partial charge < -0.3 is 14.6 Å². The van der Waals surface area contributed by atoms with Gasteiger partial charge in [-0.05, 0) is 6.92 Å². The Balaban J connectivity index is 4.49. The number of carboxylic acids is 1. The highest BCUT2D eigenvalue weighted by atomic mass is 16.7. The summed E-state index contributed by atoms with van der Waals surface area (Å²) in [6.45, 7) is 6.03. The predicted molar refractivity (Wildman–Crippen MR) is 44.0 cm³/mol. The first-order valence-corrected chi connectivity index (χ1v) is 3.69. The van der Waals surface area contributed by atoms with Crippen molar-refractivity contribution in [1.82, 2.24) is 0 Å². The number of hydrogen-bond donors (Lipinski definition) is 1.